The molecule has 0 aromatic heterocycles. The maximum absolute atomic E-state index is 12.4. The highest BCUT2D eigenvalue weighted by Crippen LogP contribution is 2.40. The molecule has 0 radical (unpaired) electrons. The van der Waals surface area contributed by atoms with Crippen molar-refractivity contribution in [2.24, 2.45) is 0 Å². The summed E-state index contributed by atoms with van der Waals surface area (Å²) in [5, 5.41) is 0. The second-order valence-corrected chi connectivity index (χ2v) is 4.42. The Hall–Kier alpha value is -1.80. The average molecular weight is 317 g/mol. The van der Waals surface area contributed by atoms with Crippen LogP contribution in [0.3, 0.4) is 0 Å². The average Bonchev–Trinajstić information content (AvgIpc) is 2.26. The number of benzene rings is 1. The molecular formula is C12H13F6NO2. The quantitative estimate of drug-likeness (QED) is 0.676. The number of rotatable bonds is 4. The summed E-state index contributed by atoms with van der Waals surface area (Å²) in [6.45, 7) is 3.25. The van der Waals surface area contributed by atoms with Crippen LogP contribution in [0.4, 0.5) is 32.0 Å². The number of nitrogen functional groups attached to an aromatic ring is 1. The minimum atomic E-state index is -5.61. The number of anilines is 1. The molecule has 0 aliphatic carbocycles. The van der Waals surface area contributed by atoms with Crippen LogP contribution in [0.5, 0.6) is 11.5 Å². The van der Waals surface area contributed by atoms with Crippen molar-refractivity contribution in [2.75, 3.05) is 5.73 Å². The van der Waals surface area contributed by atoms with Crippen LogP contribution in [0.15, 0.2) is 18.2 Å². The summed E-state index contributed by atoms with van der Waals surface area (Å²) in [7, 11) is 0. The summed E-state index contributed by atoms with van der Waals surface area (Å²) in [5.74, 6) is -0.793. The molecule has 0 saturated carbocycles. The lowest BCUT2D eigenvalue weighted by Crippen LogP contribution is -2.46. The molecule has 1 aromatic rings. The van der Waals surface area contributed by atoms with Crippen molar-refractivity contribution in [3.8, 4) is 11.5 Å². The zero-order valence-electron chi connectivity index (χ0n) is 11.0. The molecule has 1 rings (SSSR count). The van der Waals surface area contributed by atoms with Crippen LogP contribution in [-0.4, -0.2) is 24.6 Å². The summed E-state index contributed by atoms with van der Waals surface area (Å²) in [6.07, 6.45) is -15.5. The van der Waals surface area contributed by atoms with Gasteiger partial charge < -0.3 is 15.2 Å². The van der Waals surface area contributed by atoms with Gasteiger partial charge in [-0.2, -0.15) is 26.3 Å². The number of alkyl halides is 6. The van der Waals surface area contributed by atoms with E-state index in [9.17, 15) is 26.3 Å². The van der Waals surface area contributed by atoms with Crippen molar-refractivity contribution in [3.63, 3.8) is 0 Å². The molecule has 2 N–H and O–H groups in total. The molecule has 0 aliphatic heterocycles. The molecule has 0 saturated heterocycles. The lowest BCUT2D eigenvalue weighted by molar-refractivity contribution is -0.299. The fourth-order valence-electron chi connectivity index (χ4n) is 1.43. The van der Waals surface area contributed by atoms with Gasteiger partial charge in [-0.15, -0.1) is 0 Å². The molecule has 0 atom stereocenters. The molecule has 120 valence electrons. The maximum Gasteiger partial charge on any atom is 0.434 e. The van der Waals surface area contributed by atoms with Gasteiger partial charge in [-0.05, 0) is 26.0 Å². The van der Waals surface area contributed by atoms with Crippen LogP contribution in [-0.2, 0) is 0 Å². The van der Waals surface area contributed by atoms with Crippen molar-refractivity contribution in [3.05, 3.63) is 18.2 Å². The fraction of sp³-hybridized carbons (Fsp3) is 0.500. The van der Waals surface area contributed by atoms with E-state index in [1.807, 2.05) is 0 Å². The third kappa shape index (κ3) is 4.61. The molecule has 9 heteroatoms. The predicted molar refractivity (Wildman–Crippen MR) is 63.1 cm³/mol. The number of ether oxygens (including phenoxy) is 2. The van der Waals surface area contributed by atoms with Gasteiger partial charge in [0.1, 0.15) is 17.2 Å². The zero-order chi connectivity index (χ0) is 16.4. The molecule has 0 fully saturated rings. The monoisotopic (exact) mass is 317 g/mol. The molecule has 0 aliphatic rings. The maximum atomic E-state index is 12.4. The Morgan fingerprint density at radius 1 is 0.905 bits per heavy atom. The van der Waals surface area contributed by atoms with E-state index in [1.165, 1.54) is 12.1 Å². The Labute approximate surface area is 116 Å². The number of nitrogens with two attached hydrogens (primary N) is 1. The van der Waals surface area contributed by atoms with Gasteiger partial charge in [0, 0.05) is 0 Å². The largest absolute Gasteiger partial charge is 0.489 e. The van der Waals surface area contributed by atoms with Gasteiger partial charge in [0.25, 0.3) is 6.10 Å². The van der Waals surface area contributed by atoms with Crippen LogP contribution in [0.25, 0.3) is 0 Å². The minimum Gasteiger partial charge on any atom is -0.489 e. The molecule has 0 bridgehead atoms. The first-order chi connectivity index (χ1) is 9.43. The summed E-state index contributed by atoms with van der Waals surface area (Å²) >= 11 is 0. The van der Waals surface area contributed by atoms with Gasteiger partial charge in [-0.1, -0.05) is 6.07 Å². The number of hydrogen-bond donors (Lipinski definition) is 1. The molecule has 0 heterocycles. The van der Waals surface area contributed by atoms with Gasteiger partial charge in [0.05, 0.1) is 6.10 Å². The lowest BCUT2D eigenvalue weighted by atomic mass is 10.2. The lowest BCUT2D eigenvalue weighted by Gasteiger charge is -2.25. The molecule has 1 aromatic carbocycles. The van der Waals surface area contributed by atoms with Crippen molar-refractivity contribution >= 4 is 5.69 Å². The highest BCUT2D eigenvalue weighted by Gasteiger charge is 2.59. The van der Waals surface area contributed by atoms with Gasteiger partial charge in [-0.3, -0.25) is 0 Å². The Morgan fingerprint density at radius 3 is 1.71 bits per heavy atom. The first-order valence-electron chi connectivity index (χ1n) is 5.78. The van der Waals surface area contributed by atoms with Crippen LogP contribution in [0.2, 0.25) is 0 Å². The third-order valence-corrected chi connectivity index (χ3v) is 2.23. The number of halogens is 6. The highest BCUT2D eigenvalue weighted by atomic mass is 19.4. The summed E-state index contributed by atoms with van der Waals surface area (Å²) < 4.78 is 83.8. The van der Waals surface area contributed by atoms with Crippen molar-refractivity contribution in [2.45, 2.75) is 38.4 Å². The fourth-order valence-corrected chi connectivity index (χ4v) is 1.43. The summed E-state index contributed by atoms with van der Waals surface area (Å²) in [6, 6.07) is 3.42. The van der Waals surface area contributed by atoms with Crippen molar-refractivity contribution in [1.29, 1.82) is 0 Å². The summed E-state index contributed by atoms with van der Waals surface area (Å²) in [4.78, 5) is 0. The SMILES string of the molecule is CC(C)Oc1cccc(OC(C(F)(F)F)C(F)(F)F)c1N. The molecule has 0 unspecified atom stereocenters. The molecule has 3 nitrogen and oxygen atoms in total. The standard InChI is InChI=1S/C12H13F6NO2/c1-6(2)20-7-4-3-5-8(9(7)19)21-10(11(13,14)15)12(16,17)18/h3-6,10H,19H2,1-2H3. The molecule has 0 amide bonds. The predicted octanol–water partition coefficient (Wildman–Crippen LogP) is 3.93. The second-order valence-electron chi connectivity index (χ2n) is 4.42. The Balaban J connectivity index is 3.11. The smallest absolute Gasteiger partial charge is 0.434 e. The van der Waals surface area contributed by atoms with Crippen molar-refractivity contribution < 1.29 is 35.8 Å². The van der Waals surface area contributed by atoms with E-state index in [0.29, 0.717) is 0 Å². The van der Waals surface area contributed by atoms with E-state index in [0.717, 1.165) is 6.07 Å². The Bertz CT molecular complexity index is 470. The molecule has 21 heavy (non-hydrogen) atoms. The first kappa shape index (κ1) is 17.3. The van der Waals surface area contributed by atoms with Gasteiger partial charge >= 0.3 is 12.4 Å². The second kappa shape index (κ2) is 5.90. The van der Waals surface area contributed by atoms with E-state index in [2.05, 4.69) is 4.74 Å². The van der Waals surface area contributed by atoms with Crippen LogP contribution < -0.4 is 15.2 Å². The van der Waals surface area contributed by atoms with E-state index in [1.54, 1.807) is 13.8 Å². The van der Waals surface area contributed by atoms with Crippen LogP contribution in [0.1, 0.15) is 13.8 Å². The van der Waals surface area contributed by atoms with Crippen LogP contribution in [0, 0.1) is 0 Å². The van der Waals surface area contributed by atoms with E-state index in [-0.39, 0.29) is 11.9 Å². The van der Waals surface area contributed by atoms with Crippen molar-refractivity contribution in [1.82, 2.24) is 0 Å². The molecule has 0 spiro atoms. The van der Waals surface area contributed by atoms with E-state index < -0.39 is 29.9 Å². The highest BCUT2D eigenvalue weighted by molar-refractivity contribution is 5.62. The Kier molecular flexibility index (Phi) is 4.85. The topological polar surface area (TPSA) is 44.5 Å². The van der Waals surface area contributed by atoms with Gasteiger partial charge in [-0.25, -0.2) is 0 Å². The normalized spacial score (nSPS) is 12.9. The first-order valence-corrected chi connectivity index (χ1v) is 5.78. The molecular weight excluding hydrogens is 304 g/mol. The van der Waals surface area contributed by atoms with E-state index >= 15 is 0 Å². The minimum absolute atomic E-state index is 0.0504. The zero-order valence-corrected chi connectivity index (χ0v) is 11.0. The number of hydrogen-bond acceptors (Lipinski definition) is 3. The Morgan fingerprint density at radius 2 is 1.33 bits per heavy atom. The number of para-hydroxylation sites is 1. The van der Waals surface area contributed by atoms with Crippen LogP contribution >= 0.6 is 0 Å². The summed E-state index contributed by atoms with van der Waals surface area (Å²) in [5.41, 5.74) is 5.06. The van der Waals surface area contributed by atoms with Gasteiger partial charge in [0.2, 0.25) is 0 Å². The third-order valence-electron chi connectivity index (χ3n) is 2.23. The van der Waals surface area contributed by atoms with Gasteiger partial charge in [0.15, 0.2) is 0 Å². The van der Waals surface area contributed by atoms with E-state index in [4.69, 9.17) is 10.5 Å².